The van der Waals surface area contributed by atoms with E-state index in [9.17, 15) is 13.6 Å². The lowest BCUT2D eigenvalue weighted by atomic mass is 10.2. The van der Waals surface area contributed by atoms with Gasteiger partial charge in [-0.3, -0.25) is 4.79 Å². The summed E-state index contributed by atoms with van der Waals surface area (Å²) in [4.78, 5) is 13.3. The van der Waals surface area contributed by atoms with Crippen molar-refractivity contribution in [3.63, 3.8) is 0 Å². The molecule has 0 aromatic carbocycles. The minimum Gasteiger partial charge on any atom is -0.394 e. The Morgan fingerprint density at radius 3 is 2.67 bits per heavy atom. The molecule has 0 bridgehead atoms. The highest BCUT2D eigenvalue weighted by Crippen LogP contribution is 2.17. The molecule has 0 amide bonds. The van der Waals surface area contributed by atoms with Crippen LogP contribution >= 0.6 is 0 Å². The van der Waals surface area contributed by atoms with E-state index < -0.39 is 11.9 Å². The van der Waals surface area contributed by atoms with Gasteiger partial charge in [0.25, 0.3) is 6.43 Å². The molecule has 1 aromatic heterocycles. The number of nitrogens with one attached hydrogen (secondary N) is 1. The van der Waals surface area contributed by atoms with E-state index >= 15 is 0 Å². The molecular weight excluding hydrogens is 166 g/mol. The van der Waals surface area contributed by atoms with Crippen LogP contribution in [0.2, 0.25) is 0 Å². The molecule has 0 saturated carbocycles. The minimum atomic E-state index is -2.67. The molecule has 0 aliphatic heterocycles. The summed E-state index contributed by atoms with van der Waals surface area (Å²) in [5.74, 6) is 0. The highest BCUT2D eigenvalue weighted by Gasteiger charge is 2.13. The van der Waals surface area contributed by atoms with Crippen LogP contribution in [0.4, 0.5) is 14.5 Å². The van der Waals surface area contributed by atoms with Gasteiger partial charge in [-0.05, 0) is 6.92 Å². The molecule has 1 heterocycles. The maximum absolute atomic E-state index is 12.1. The van der Waals surface area contributed by atoms with Crippen molar-refractivity contribution in [3.8, 4) is 0 Å². The molecule has 0 unspecified atom stereocenters. The van der Waals surface area contributed by atoms with Gasteiger partial charge in [0, 0.05) is 11.8 Å². The summed E-state index contributed by atoms with van der Waals surface area (Å²) in [6.07, 6.45) is -1.59. The zero-order valence-corrected chi connectivity index (χ0v) is 6.40. The molecule has 5 heteroatoms. The van der Waals surface area contributed by atoms with Gasteiger partial charge in [0.1, 0.15) is 0 Å². The first-order valence-corrected chi connectivity index (χ1v) is 3.30. The van der Waals surface area contributed by atoms with Crippen molar-refractivity contribution in [1.29, 1.82) is 0 Å². The first kappa shape index (κ1) is 8.70. The lowest BCUT2D eigenvalue weighted by molar-refractivity contribution is 0.145. The normalized spacial score (nSPS) is 10.7. The quantitative estimate of drug-likeness (QED) is 0.672. The van der Waals surface area contributed by atoms with Crippen LogP contribution in [-0.2, 0) is 0 Å². The Morgan fingerprint density at radius 2 is 2.17 bits per heavy atom. The molecular formula is C7H8F2N2O. The SMILES string of the molecule is Cc1c(C(F)F)[nH]cc(N)c1=O. The second-order valence-corrected chi connectivity index (χ2v) is 2.41. The highest BCUT2D eigenvalue weighted by atomic mass is 19.3. The van der Waals surface area contributed by atoms with Gasteiger partial charge in [0.15, 0.2) is 0 Å². The van der Waals surface area contributed by atoms with Gasteiger partial charge in [-0.25, -0.2) is 8.78 Å². The lowest BCUT2D eigenvalue weighted by Crippen LogP contribution is -2.14. The van der Waals surface area contributed by atoms with Crippen LogP contribution in [0.3, 0.4) is 0 Å². The van der Waals surface area contributed by atoms with Crippen LogP contribution in [0.5, 0.6) is 0 Å². The summed E-state index contributed by atoms with van der Waals surface area (Å²) in [5.41, 5.74) is 4.23. The predicted molar refractivity (Wildman–Crippen MR) is 41.2 cm³/mol. The monoisotopic (exact) mass is 174 g/mol. The second-order valence-electron chi connectivity index (χ2n) is 2.41. The number of nitrogen functional groups attached to an aromatic ring is 1. The summed E-state index contributed by atoms with van der Waals surface area (Å²) < 4.78 is 24.3. The standard InChI is InChI=1S/C7H8F2N2O/c1-3-5(7(8)9)11-2-4(10)6(3)12/h2,7H,10H2,1H3,(H,11,12). The number of H-pyrrole nitrogens is 1. The maximum Gasteiger partial charge on any atom is 0.278 e. The van der Waals surface area contributed by atoms with E-state index in [2.05, 4.69) is 4.98 Å². The third-order valence-electron chi connectivity index (χ3n) is 1.61. The fourth-order valence-electron chi connectivity index (χ4n) is 0.895. The Morgan fingerprint density at radius 1 is 1.58 bits per heavy atom. The zero-order chi connectivity index (χ0) is 9.30. The molecule has 1 rings (SSSR count). The van der Waals surface area contributed by atoms with Crippen LogP contribution in [0.25, 0.3) is 0 Å². The Labute approximate surface area is 67.2 Å². The summed E-state index contributed by atoms with van der Waals surface area (Å²) in [6, 6.07) is 0. The molecule has 0 aliphatic rings. The number of aromatic nitrogens is 1. The Hall–Kier alpha value is -1.39. The maximum atomic E-state index is 12.1. The van der Waals surface area contributed by atoms with Gasteiger partial charge in [-0.1, -0.05) is 0 Å². The van der Waals surface area contributed by atoms with Crippen molar-refractivity contribution in [2.75, 3.05) is 5.73 Å². The van der Waals surface area contributed by atoms with Crippen LogP contribution in [-0.4, -0.2) is 4.98 Å². The number of hydrogen-bond acceptors (Lipinski definition) is 2. The smallest absolute Gasteiger partial charge is 0.278 e. The van der Waals surface area contributed by atoms with E-state index in [0.717, 1.165) is 6.20 Å². The summed E-state index contributed by atoms with van der Waals surface area (Å²) >= 11 is 0. The summed E-state index contributed by atoms with van der Waals surface area (Å²) in [7, 11) is 0. The van der Waals surface area contributed by atoms with E-state index in [1.807, 2.05) is 0 Å². The Bertz CT molecular complexity index is 346. The van der Waals surface area contributed by atoms with Crippen molar-refractivity contribution >= 4 is 5.69 Å². The van der Waals surface area contributed by atoms with Crippen LogP contribution < -0.4 is 11.2 Å². The number of pyridine rings is 1. The van der Waals surface area contributed by atoms with E-state index in [4.69, 9.17) is 5.73 Å². The molecule has 3 N–H and O–H groups in total. The van der Waals surface area contributed by atoms with Gasteiger partial charge in [-0.15, -0.1) is 0 Å². The third-order valence-corrected chi connectivity index (χ3v) is 1.61. The molecule has 0 radical (unpaired) electrons. The molecule has 0 spiro atoms. The number of halogens is 2. The first-order valence-electron chi connectivity index (χ1n) is 3.30. The number of aromatic amines is 1. The first-order chi connectivity index (χ1) is 5.54. The largest absolute Gasteiger partial charge is 0.394 e. The van der Waals surface area contributed by atoms with Crippen LogP contribution in [0.15, 0.2) is 11.0 Å². The molecule has 12 heavy (non-hydrogen) atoms. The van der Waals surface area contributed by atoms with E-state index in [1.165, 1.54) is 6.92 Å². The fraction of sp³-hybridized carbons (Fsp3) is 0.286. The van der Waals surface area contributed by atoms with Crippen molar-refractivity contribution in [2.45, 2.75) is 13.3 Å². The molecule has 0 fully saturated rings. The fourth-order valence-corrected chi connectivity index (χ4v) is 0.895. The van der Waals surface area contributed by atoms with E-state index in [1.54, 1.807) is 0 Å². The summed E-state index contributed by atoms with van der Waals surface area (Å²) in [5, 5.41) is 0. The number of nitrogens with two attached hydrogens (primary N) is 1. The highest BCUT2D eigenvalue weighted by molar-refractivity contribution is 5.39. The summed E-state index contributed by atoms with van der Waals surface area (Å²) in [6.45, 7) is 1.32. The van der Waals surface area contributed by atoms with E-state index in [-0.39, 0.29) is 16.9 Å². The Balaban J connectivity index is 3.37. The predicted octanol–water partition coefficient (Wildman–Crippen LogP) is 1.20. The Kier molecular flexibility index (Phi) is 2.12. The average molecular weight is 174 g/mol. The molecule has 3 nitrogen and oxygen atoms in total. The zero-order valence-electron chi connectivity index (χ0n) is 6.40. The van der Waals surface area contributed by atoms with Crippen LogP contribution in [0.1, 0.15) is 17.7 Å². The molecule has 1 aromatic rings. The van der Waals surface area contributed by atoms with Crippen molar-refractivity contribution in [3.05, 3.63) is 27.7 Å². The van der Waals surface area contributed by atoms with Crippen LogP contribution in [0, 0.1) is 6.92 Å². The average Bonchev–Trinajstić information content (AvgIpc) is 2.00. The van der Waals surface area contributed by atoms with Gasteiger partial charge in [-0.2, -0.15) is 0 Å². The van der Waals surface area contributed by atoms with Gasteiger partial charge in [0.2, 0.25) is 5.43 Å². The van der Waals surface area contributed by atoms with Gasteiger partial charge >= 0.3 is 0 Å². The van der Waals surface area contributed by atoms with Crippen molar-refractivity contribution in [1.82, 2.24) is 4.98 Å². The van der Waals surface area contributed by atoms with Gasteiger partial charge in [0.05, 0.1) is 11.4 Å². The van der Waals surface area contributed by atoms with Crippen molar-refractivity contribution in [2.24, 2.45) is 0 Å². The molecule has 66 valence electrons. The van der Waals surface area contributed by atoms with Gasteiger partial charge < -0.3 is 10.7 Å². The molecule has 0 aliphatic carbocycles. The number of alkyl halides is 2. The topological polar surface area (TPSA) is 58.9 Å². The lowest BCUT2D eigenvalue weighted by Gasteiger charge is -2.03. The van der Waals surface area contributed by atoms with Crippen molar-refractivity contribution < 1.29 is 8.78 Å². The minimum absolute atomic E-state index is 0.0231. The number of rotatable bonds is 1. The third kappa shape index (κ3) is 1.30. The number of anilines is 1. The van der Waals surface area contributed by atoms with E-state index in [0.29, 0.717) is 0 Å². The molecule has 0 atom stereocenters. The number of hydrogen-bond donors (Lipinski definition) is 2. The second kappa shape index (κ2) is 2.92. The molecule has 0 saturated heterocycles.